The summed E-state index contributed by atoms with van der Waals surface area (Å²) in [5, 5.41) is 2.77. The third kappa shape index (κ3) is 4.87. The van der Waals surface area contributed by atoms with Crippen LogP contribution in [0.25, 0.3) is 0 Å². The van der Waals surface area contributed by atoms with Crippen LogP contribution in [-0.2, 0) is 16.1 Å². The first-order valence-electron chi connectivity index (χ1n) is 9.18. The maximum atomic E-state index is 13.4. The number of ether oxygens (including phenoxy) is 2. The molecule has 0 bridgehead atoms. The topological polar surface area (TPSA) is 67.9 Å². The third-order valence-corrected chi connectivity index (χ3v) is 4.66. The van der Waals surface area contributed by atoms with Gasteiger partial charge >= 0.3 is 0 Å². The molecule has 1 aliphatic heterocycles. The van der Waals surface area contributed by atoms with Crippen LogP contribution >= 0.6 is 0 Å². The molecular weight excluding hydrogens is 394 g/mol. The van der Waals surface area contributed by atoms with E-state index in [-0.39, 0.29) is 43.6 Å². The number of nitrogens with one attached hydrogen (secondary N) is 1. The first-order chi connectivity index (χ1) is 14.4. The van der Waals surface area contributed by atoms with Crippen LogP contribution in [0.15, 0.2) is 36.4 Å². The van der Waals surface area contributed by atoms with Crippen LogP contribution < -0.4 is 19.7 Å². The van der Waals surface area contributed by atoms with Crippen molar-refractivity contribution in [2.45, 2.75) is 13.0 Å². The normalized spacial score (nSPS) is 15.6. The molecule has 1 unspecified atom stereocenters. The second kappa shape index (κ2) is 9.27. The fourth-order valence-electron chi connectivity index (χ4n) is 3.22. The quantitative estimate of drug-likeness (QED) is 0.708. The van der Waals surface area contributed by atoms with Crippen LogP contribution in [0.5, 0.6) is 11.5 Å². The fourth-order valence-corrected chi connectivity index (χ4v) is 3.22. The molecule has 0 aliphatic carbocycles. The van der Waals surface area contributed by atoms with Gasteiger partial charge in [0.1, 0.15) is 18.2 Å². The van der Waals surface area contributed by atoms with Crippen molar-refractivity contribution in [3.05, 3.63) is 53.6 Å². The molecule has 1 heterocycles. The van der Waals surface area contributed by atoms with Gasteiger partial charge in [0.2, 0.25) is 11.8 Å². The number of amides is 2. The highest BCUT2D eigenvalue weighted by molar-refractivity contribution is 6.00. The van der Waals surface area contributed by atoms with Crippen LogP contribution in [-0.4, -0.2) is 32.1 Å². The molecule has 2 aromatic rings. The van der Waals surface area contributed by atoms with Crippen LogP contribution in [0.2, 0.25) is 0 Å². The number of rotatable bonds is 7. The standard InChI is InChI=1S/C22H20F2N2O4/c1-3-6-30-20-7-14(4-5-19(20)29-2)12-25-22(28)15-8-21(27)26(13-15)18-10-16(23)9-17(24)11-18/h1,4-5,7,9-11,15H,6,8,12-13H2,2H3,(H,25,28). The molecule has 1 atom stereocenters. The summed E-state index contributed by atoms with van der Waals surface area (Å²) in [5.41, 5.74) is 0.850. The lowest BCUT2D eigenvalue weighted by Gasteiger charge is -2.17. The zero-order chi connectivity index (χ0) is 21.7. The van der Waals surface area contributed by atoms with Crippen LogP contribution in [0.1, 0.15) is 12.0 Å². The predicted octanol–water partition coefficient (Wildman–Crippen LogP) is 2.65. The van der Waals surface area contributed by atoms with E-state index in [9.17, 15) is 18.4 Å². The highest BCUT2D eigenvalue weighted by atomic mass is 19.1. The summed E-state index contributed by atoms with van der Waals surface area (Å²) in [5.74, 6) is 0.452. The van der Waals surface area contributed by atoms with Crippen molar-refractivity contribution >= 4 is 17.5 Å². The number of hydrogen-bond donors (Lipinski definition) is 1. The molecule has 2 amide bonds. The van der Waals surface area contributed by atoms with Crippen LogP contribution in [0, 0.1) is 29.9 Å². The molecule has 0 spiro atoms. The number of methoxy groups -OCH3 is 1. The van der Waals surface area contributed by atoms with E-state index in [2.05, 4.69) is 11.2 Å². The van der Waals surface area contributed by atoms with Crippen LogP contribution in [0.4, 0.5) is 14.5 Å². The number of benzene rings is 2. The molecular formula is C22H20F2N2O4. The number of anilines is 1. The molecule has 1 N–H and O–H groups in total. The Hall–Kier alpha value is -3.60. The van der Waals surface area contributed by atoms with Gasteiger partial charge in [0.15, 0.2) is 11.5 Å². The van der Waals surface area contributed by atoms with Crippen molar-refractivity contribution in [1.82, 2.24) is 5.32 Å². The monoisotopic (exact) mass is 414 g/mol. The molecule has 0 saturated carbocycles. The first kappa shape index (κ1) is 21.1. The van der Waals surface area contributed by atoms with E-state index in [0.717, 1.165) is 23.8 Å². The van der Waals surface area contributed by atoms with Crippen molar-refractivity contribution < 1.29 is 27.8 Å². The molecule has 3 rings (SSSR count). The lowest BCUT2D eigenvalue weighted by molar-refractivity contribution is -0.126. The van der Waals surface area contributed by atoms with Gasteiger partial charge in [-0.25, -0.2) is 8.78 Å². The van der Waals surface area contributed by atoms with Crippen molar-refractivity contribution in [3.63, 3.8) is 0 Å². The molecule has 0 aromatic heterocycles. The second-order valence-electron chi connectivity index (χ2n) is 6.73. The minimum Gasteiger partial charge on any atom is -0.493 e. The highest BCUT2D eigenvalue weighted by Gasteiger charge is 2.35. The molecule has 156 valence electrons. The third-order valence-electron chi connectivity index (χ3n) is 4.66. The van der Waals surface area contributed by atoms with Gasteiger partial charge in [-0.1, -0.05) is 12.0 Å². The molecule has 8 heteroatoms. The van der Waals surface area contributed by atoms with Crippen molar-refractivity contribution in [2.24, 2.45) is 5.92 Å². The average Bonchev–Trinajstić information content (AvgIpc) is 3.11. The Morgan fingerprint density at radius 2 is 1.97 bits per heavy atom. The van der Waals surface area contributed by atoms with E-state index in [1.165, 1.54) is 12.0 Å². The first-order valence-corrected chi connectivity index (χ1v) is 9.18. The van der Waals surface area contributed by atoms with Gasteiger partial charge < -0.3 is 19.7 Å². The van der Waals surface area contributed by atoms with E-state index in [1.54, 1.807) is 18.2 Å². The van der Waals surface area contributed by atoms with Gasteiger partial charge in [0.25, 0.3) is 0 Å². The Morgan fingerprint density at radius 3 is 2.63 bits per heavy atom. The Morgan fingerprint density at radius 1 is 1.23 bits per heavy atom. The van der Waals surface area contributed by atoms with E-state index >= 15 is 0 Å². The number of carbonyl (C=O) groups is 2. The Labute approximate surface area is 172 Å². The van der Waals surface area contributed by atoms with E-state index in [4.69, 9.17) is 15.9 Å². The number of terminal acetylenes is 1. The lowest BCUT2D eigenvalue weighted by Crippen LogP contribution is -2.32. The molecule has 1 fully saturated rings. The number of carbonyl (C=O) groups excluding carboxylic acids is 2. The molecule has 1 aliphatic rings. The van der Waals surface area contributed by atoms with Crippen molar-refractivity contribution in [3.8, 4) is 23.8 Å². The minimum atomic E-state index is -0.784. The Balaban J connectivity index is 1.63. The fraction of sp³-hybridized carbons (Fsp3) is 0.273. The van der Waals surface area contributed by atoms with Gasteiger partial charge in [-0.2, -0.15) is 0 Å². The lowest BCUT2D eigenvalue weighted by atomic mass is 10.1. The average molecular weight is 414 g/mol. The Kier molecular flexibility index (Phi) is 6.52. The van der Waals surface area contributed by atoms with Crippen molar-refractivity contribution in [2.75, 3.05) is 25.2 Å². The largest absolute Gasteiger partial charge is 0.493 e. The summed E-state index contributed by atoms with van der Waals surface area (Å²) in [7, 11) is 1.51. The summed E-state index contributed by atoms with van der Waals surface area (Å²) >= 11 is 0. The van der Waals surface area contributed by atoms with E-state index in [0.29, 0.717) is 11.5 Å². The number of nitrogens with zero attached hydrogens (tertiary/aromatic N) is 1. The van der Waals surface area contributed by atoms with Crippen LogP contribution in [0.3, 0.4) is 0 Å². The molecule has 6 nitrogen and oxygen atoms in total. The van der Waals surface area contributed by atoms with Crippen molar-refractivity contribution in [1.29, 1.82) is 0 Å². The predicted molar refractivity (Wildman–Crippen MR) is 106 cm³/mol. The molecule has 1 saturated heterocycles. The van der Waals surface area contributed by atoms with E-state index < -0.39 is 17.6 Å². The maximum absolute atomic E-state index is 13.4. The number of hydrogen-bond acceptors (Lipinski definition) is 4. The summed E-state index contributed by atoms with van der Waals surface area (Å²) in [6, 6.07) is 8.03. The second-order valence-corrected chi connectivity index (χ2v) is 6.73. The van der Waals surface area contributed by atoms with Gasteiger partial charge in [0.05, 0.1) is 13.0 Å². The summed E-state index contributed by atoms with van der Waals surface area (Å²) < 4.78 is 37.5. The summed E-state index contributed by atoms with van der Waals surface area (Å²) in [6.45, 7) is 0.327. The summed E-state index contributed by atoms with van der Waals surface area (Å²) in [6.07, 6.45) is 5.17. The maximum Gasteiger partial charge on any atom is 0.227 e. The minimum absolute atomic E-state index is 0.0386. The highest BCUT2D eigenvalue weighted by Crippen LogP contribution is 2.29. The smallest absolute Gasteiger partial charge is 0.227 e. The van der Waals surface area contributed by atoms with Gasteiger partial charge in [-0.05, 0) is 29.8 Å². The van der Waals surface area contributed by atoms with Gasteiger partial charge in [-0.3, -0.25) is 9.59 Å². The molecule has 0 radical (unpaired) electrons. The van der Waals surface area contributed by atoms with Gasteiger partial charge in [0, 0.05) is 31.3 Å². The molecule has 30 heavy (non-hydrogen) atoms. The number of halogens is 2. The zero-order valence-corrected chi connectivity index (χ0v) is 16.3. The Bertz CT molecular complexity index is 983. The zero-order valence-electron chi connectivity index (χ0n) is 16.3. The van der Waals surface area contributed by atoms with E-state index in [1.807, 2.05) is 0 Å². The molecule has 2 aromatic carbocycles. The summed E-state index contributed by atoms with van der Waals surface area (Å²) in [4.78, 5) is 26.0. The van der Waals surface area contributed by atoms with Gasteiger partial charge in [-0.15, -0.1) is 6.42 Å². The SMILES string of the molecule is C#CCOc1cc(CNC(=O)C2CC(=O)N(c3cc(F)cc(F)c3)C2)ccc1OC.